The molecule has 0 saturated heterocycles. The van der Waals surface area contributed by atoms with Gasteiger partial charge in [-0.1, -0.05) is 12.8 Å². The van der Waals surface area contributed by atoms with Gasteiger partial charge in [-0.15, -0.1) is 0 Å². The maximum absolute atomic E-state index is 11.9. The average Bonchev–Trinajstić information content (AvgIpc) is 2.79. The lowest BCUT2D eigenvalue weighted by molar-refractivity contribution is -0.138. The van der Waals surface area contributed by atoms with Crippen LogP contribution in [0.4, 0.5) is 4.79 Å². The quantitative estimate of drug-likeness (QED) is 0.708. The molecule has 0 radical (unpaired) electrons. The Kier molecular flexibility index (Phi) is 6.18. The summed E-state index contributed by atoms with van der Waals surface area (Å²) >= 11 is 1.65. The van der Waals surface area contributed by atoms with Gasteiger partial charge in [0, 0.05) is 18.3 Å². The zero-order chi connectivity index (χ0) is 12.7. The van der Waals surface area contributed by atoms with E-state index in [1.54, 1.807) is 11.8 Å². The van der Waals surface area contributed by atoms with Gasteiger partial charge in [-0.05, 0) is 19.1 Å². The highest BCUT2D eigenvalue weighted by Crippen LogP contribution is 2.23. The molecule has 1 aliphatic rings. The van der Waals surface area contributed by atoms with Crippen molar-refractivity contribution in [3.8, 4) is 0 Å². The van der Waals surface area contributed by atoms with E-state index in [0.29, 0.717) is 6.54 Å². The largest absolute Gasteiger partial charge is 0.480 e. The Morgan fingerprint density at radius 1 is 1.41 bits per heavy atom. The van der Waals surface area contributed by atoms with E-state index in [4.69, 9.17) is 5.11 Å². The molecule has 98 valence electrons. The van der Waals surface area contributed by atoms with Gasteiger partial charge in [0.15, 0.2) is 0 Å². The maximum Gasteiger partial charge on any atom is 0.323 e. The minimum atomic E-state index is -0.947. The minimum absolute atomic E-state index is 0.0976. The molecule has 1 rings (SSSR count). The molecule has 0 heterocycles. The van der Waals surface area contributed by atoms with Crippen LogP contribution in [0, 0.1) is 0 Å². The smallest absolute Gasteiger partial charge is 0.323 e. The number of urea groups is 1. The highest BCUT2D eigenvalue weighted by atomic mass is 32.2. The molecule has 0 aromatic carbocycles. The van der Waals surface area contributed by atoms with Crippen LogP contribution in [0.1, 0.15) is 25.7 Å². The van der Waals surface area contributed by atoms with Crippen LogP contribution in [-0.2, 0) is 4.79 Å². The van der Waals surface area contributed by atoms with E-state index < -0.39 is 5.97 Å². The normalized spacial score (nSPS) is 15.8. The second kappa shape index (κ2) is 7.42. The van der Waals surface area contributed by atoms with Gasteiger partial charge in [-0.25, -0.2) is 4.79 Å². The van der Waals surface area contributed by atoms with Crippen molar-refractivity contribution in [2.75, 3.05) is 25.1 Å². The average molecular weight is 260 g/mol. The Balaban J connectivity index is 2.48. The topological polar surface area (TPSA) is 69.6 Å². The van der Waals surface area contributed by atoms with Crippen LogP contribution in [0.2, 0.25) is 0 Å². The number of hydrogen-bond acceptors (Lipinski definition) is 3. The Morgan fingerprint density at radius 2 is 2.06 bits per heavy atom. The zero-order valence-electron chi connectivity index (χ0n) is 10.1. The Bertz CT molecular complexity index is 267. The van der Waals surface area contributed by atoms with Crippen molar-refractivity contribution in [1.29, 1.82) is 0 Å². The Labute approximate surface area is 106 Å². The highest BCUT2D eigenvalue weighted by Gasteiger charge is 2.27. The molecule has 0 unspecified atom stereocenters. The van der Waals surface area contributed by atoms with Gasteiger partial charge < -0.3 is 15.3 Å². The number of carbonyl (C=O) groups excluding carboxylic acids is 1. The summed E-state index contributed by atoms with van der Waals surface area (Å²) < 4.78 is 0. The summed E-state index contributed by atoms with van der Waals surface area (Å²) in [5.41, 5.74) is 0. The number of amides is 2. The van der Waals surface area contributed by atoms with E-state index in [1.807, 2.05) is 6.26 Å². The lowest BCUT2D eigenvalue weighted by atomic mass is 10.2. The molecule has 0 aromatic rings. The maximum atomic E-state index is 11.9. The third-order valence-corrected chi connectivity index (χ3v) is 3.53. The van der Waals surface area contributed by atoms with Crippen molar-refractivity contribution >= 4 is 23.8 Å². The first-order valence-electron chi connectivity index (χ1n) is 5.90. The highest BCUT2D eigenvalue weighted by molar-refractivity contribution is 7.98. The number of nitrogens with one attached hydrogen (secondary N) is 1. The predicted molar refractivity (Wildman–Crippen MR) is 68.4 cm³/mol. The van der Waals surface area contributed by atoms with Crippen LogP contribution in [0.25, 0.3) is 0 Å². The second-order valence-electron chi connectivity index (χ2n) is 4.18. The van der Waals surface area contributed by atoms with Gasteiger partial charge in [0.25, 0.3) is 0 Å². The summed E-state index contributed by atoms with van der Waals surface area (Å²) in [4.78, 5) is 24.1. The van der Waals surface area contributed by atoms with E-state index in [9.17, 15) is 9.59 Å². The summed E-state index contributed by atoms with van der Waals surface area (Å²) in [5.74, 6) is -0.103. The van der Waals surface area contributed by atoms with Crippen LogP contribution >= 0.6 is 11.8 Å². The van der Waals surface area contributed by atoms with Crippen LogP contribution in [-0.4, -0.2) is 53.1 Å². The molecule has 1 fully saturated rings. The number of carboxylic acid groups (broad SMARTS) is 1. The number of carboxylic acids is 1. The molecule has 0 aromatic heterocycles. The molecule has 17 heavy (non-hydrogen) atoms. The number of thioether (sulfide) groups is 1. The van der Waals surface area contributed by atoms with Crippen molar-refractivity contribution in [2.45, 2.75) is 31.7 Å². The van der Waals surface area contributed by atoms with Gasteiger partial charge >= 0.3 is 12.0 Å². The van der Waals surface area contributed by atoms with Gasteiger partial charge in [-0.3, -0.25) is 4.79 Å². The van der Waals surface area contributed by atoms with E-state index >= 15 is 0 Å². The van der Waals surface area contributed by atoms with Crippen molar-refractivity contribution < 1.29 is 14.7 Å². The zero-order valence-corrected chi connectivity index (χ0v) is 11.0. The molecule has 0 bridgehead atoms. The number of hydrogen-bond donors (Lipinski definition) is 2. The molecule has 2 N–H and O–H groups in total. The van der Waals surface area contributed by atoms with Crippen LogP contribution < -0.4 is 5.32 Å². The standard InChI is InChI=1S/C11H20N2O3S/c1-17-7-6-12-11(16)13(8-10(14)15)9-4-2-3-5-9/h9H,2-8H2,1H3,(H,12,16)(H,14,15). The van der Waals surface area contributed by atoms with Gasteiger partial charge in [0.05, 0.1) is 0 Å². The second-order valence-corrected chi connectivity index (χ2v) is 5.17. The number of carbonyl (C=O) groups is 2. The summed E-state index contributed by atoms with van der Waals surface area (Å²) in [5, 5.41) is 11.6. The third kappa shape index (κ3) is 4.85. The molecule has 1 saturated carbocycles. The molecular formula is C11H20N2O3S. The van der Waals surface area contributed by atoms with Crippen molar-refractivity contribution in [3.05, 3.63) is 0 Å². The Hall–Kier alpha value is -0.910. The summed E-state index contributed by atoms with van der Waals surface area (Å²) in [7, 11) is 0. The number of aliphatic carboxylic acids is 1. The van der Waals surface area contributed by atoms with Gasteiger partial charge in [0.2, 0.25) is 0 Å². The van der Waals surface area contributed by atoms with Crippen LogP contribution in [0.5, 0.6) is 0 Å². The lowest BCUT2D eigenvalue weighted by Gasteiger charge is -2.27. The molecule has 2 amide bonds. The summed E-state index contributed by atoms with van der Waals surface area (Å²) in [6.07, 6.45) is 5.97. The fourth-order valence-electron chi connectivity index (χ4n) is 2.09. The van der Waals surface area contributed by atoms with Crippen molar-refractivity contribution in [2.24, 2.45) is 0 Å². The fourth-order valence-corrected chi connectivity index (χ4v) is 2.40. The van der Waals surface area contributed by atoms with E-state index in [1.165, 1.54) is 4.90 Å². The third-order valence-electron chi connectivity index (χ3n) is 2.91. The van der Waals surface area contributed by atoms with Gasteiger partial charge in [-0.2, -0.15) is 11.8 Å². The SMILES string of the molecule is CSCCNC(=O)N(CC(=O)O)C1CCCC1. The molecule has 5 nitrogen and oxygen atoms in total. The van der Waals surface area contributed by atoms with Gasteiger partial charge in [0.1, 0.15) is 6.54 Å². The molecule has 6 heteroatoms. The summed E-state index contributed by atoms with van der Waals surface area (Å²) in [6, 6.07) is -0.145. The van der Waals surface area contributed by atoms with E-state index in [0.717, 1.165) is 31.4 Å². The lowest BCUT2D eigenvalue weighted by Crippen LogP contribution is -2.48. The molecule has 1 aliphatic carbocycles. The first kappa shape index (κ1) is 14.2. The van der Waals surface area contributed by atoms with Crippen molar-refractivity contribution in [1.82, 2.24) is 10.2 Å². The van der Waals surface area contributed by atoms with Crippen LogP contribution in [0.3, 0.4) is 0 Å². The molecular weight excluding hydrogens is 240 g/mol. The van der Waals surface area contributed by atoms with E-state index in [-0.39, 0.29) is 18.6 Å². The fraction of sp³-hybridized carbons (Fsp3) is 0.818. The molecule has 0 atom stereocenters. The van der Waals surface area contributed by atoms with Crippen LogP contribution in [0.15, 0.2) is 0 Å². The molecule has 0 aliphatic heterocycles. The minimum Gasteiger partial charge on any atom is -0.480 e. The first-order valence-corrected chi connectivity index (χ1v) is 7.29. The molecule has 0 spiro atoms. The number of rotatable bonds is 6. The van der Waals surface area contributed by atoms with Crippen molar-refractivity contribution in [3.63, 3.8) is 0 Å². The predicted octanol–water partition coefficient (Wildman–Crippen LogP) is 1.39. The number of nitrogens with zero attached hydrogens (tertiary/aromatic N) is 1. The Morgan fingerprint density at radius 3 is 2.59 bits per heavy atom. The summed E-state index contributed by atoms with van der Waals surface area (Å²) in [6.45, 7) is 0.388. The monoisotopic (exact) mass is 260 g/mol. The van der Waals surface area contributed by atoms with E-state index in [2.05, 4.69) is 5.32 Å². The first-order chi connectivity index (χ1) is 8.15.